The molecule has 70 valence electrons. The molecule has 0 heterocycles. The van der Waals surface area contributed by atoms with Gasteiger partial charge in [0.2, 0.25) is 0 Å². The molecular formula is C10H13FN2. The number of halogens is 1. The van der Waals surface area contributed by atoms with E-state index in [2.05, 4.69) is 4.90 Å². The molecule has 3 heteroatoms. The number of hydrogen-bond acceptors (Lipinski definition) is 2. The van der Waals surface area contributed by atoms with Gasteiger partial charge in [0.15, 0.2) is 0 Å². The van der Waals surface area contributed by atoms with Crippen LogP contribution in [0.25, 0.3) is 0 Å². The molecule has 0 bridgehead atoms. The van der Waals surface area contributed by atoms with Crippen molar-refractivity contribution in [3.63, 3.8) is 0 Å². The molecule has 13 heavy (non-hydrogen) atoms. The summed E-state index contributed by atoms with van der Waals surface area (Å²) in [6.07, 6.45) is 2.43. The minimum Gasteiger partial charge on any atom is -0.397 e. The van der Waals surface area contributed by atoms with Crippen LogP contribution in [0.1, 0.15) is 12.8 Å². The van der Waals surface area contributed by atoms with E-state index < -0.39 is 0 Å². The maximum Gasteiger partial charge on any atom is 0.125 e. The van der Waals surface area contributed by atoms with Crippen LogP contribution < -0.4 is 10.6 Å². The van der Waals surface area contributed by atoms with E-state index in [1.165, 1.54) is 25.0 Å². The van der Waals surface area contributed by atoms with Gasteiger partial charge in [-0.2, -0.15) is 0 Å². The second-order valence-electron chi connectivity index (χ2n) is 3.55. The van der Waals surface area contributed by atoms with Crippen molar-refractivity contribution in [2.24, 2.45) is 0 Å². The summed E-state index contributed by atoms with van der Waals surface area (Å²) in [5.41, 5.74) is 7.16. The molecule has 1 saturated carbocycles. The molecule has 1 aliphatic rings. The summed E-state index contributed by atoms with van der Waals surface area (Å²) >= 11 is 0. The van der Waals surface area contributed by atoms with E-state index in [1.807, 2.05) is 7.05 Å². The first-order valence-electron chi connectivity index (χ1n) is 4.46. The van der Waals surface area contributed by atoms with Crippen LogP contribution in [0, 0.1) is 5.82 Å². The molecule has 1 aromatic carbocycles. The van der Waals surface area contributed by atoms with Crippen LogP contribution in [-0.4, -0.2) is 13.1 Å². The predicted octanol–water partition coefficient (Wildman–Crippen LogP) is 2.01. The fourth-order valence-corrected chi connectivity index (χ4v) is 1.51. The molecule has 0 saturated heterocycles. The maximum absolute atomic E-state index is 12.7. The molecule has 0 atom stereocenters. The number of benzene rings is 1. The van der Waals surface area contributed by atoms with Gasteiger partial charge < -0.3 is 10.6 Å². The molecule has 2 rings (SSSR count). The largest absolute Gasteiger partial charge is 0.397 e. The lowest BCUT2D eigenvalue weighted by molar-refractivity contribution is 0.628. The number of nitrogens with two attached hydrogens (primary N) is 1. The van der Waals surface area contributed by atoms with Crippen molar-refractivity contribution in [3.05, 3.63) is 24.0 Å². The Kier molecular flexibility index (Phi) is 1.87. The van der Waals surface area contributed by atoms with Gasteiger partial charge in [-0.15, -0.1) is 0 Å². The molecule has 2 nitrogen and oxygen atoms in total. The summed E-state index contributed by atoms with van der Waals surface area (Å²) in [5.74, 6) is -0.273. The summed E-state index contributed by atoms with van der Waals surface area (Å²) in [7, 11) is 2.00. The molecule has 1 aliphatic carbocycles. The Bertz CT molecular complexity index is 321. The number of nitrogens with zero attached hydrogens (tertiary/aromatic N) is 1. The highest BCUT2D eigenvalue weighted by Crippen LogP contribution is 2.33. The lowest BCUT2D eigenvalue weighted by atomic mass is 10.2. The van der Waals surface area contributed by atoms with Gasteiger partial charge in [0.1, 0.15) is 5.82 Å². The Balaban J connectivity index is 2.28. The van der Waals surface area contributed by atoms with Gasteiger partial charge in [-0.25, -0.2) is 4.39 Å². The summed E-state index contributed by atoms with van der Waals surface area (Å²) < 4.78 is 12.7. The normalized spacial score (nSPS) is 15.8. The van der Waals surface area contributed by atoms with Crippen molar-refractivity contribution in [1.82, 2.24) is 0 Å². The molecular weight excluding hydrogens is 167 g/mol. The molecule has 0 aliphatic heterocycles. The van der Waals surface area contributed by atoms with E-state index in [1.54, 1.807) is 6.07 Å². The zero-order valence-corrected chi connectivity index (χ0v) is 7.63. The zero-order chi connectivity index (χ0) is 9.42. The van der Waals surface area contributed by atoms with E-state index in [0.29, 0.717) is 11.7 Å². The van der Waals surface area contributed by atoms with Gasteiger partial charge in [-0.05, 0) is 31.0 Å². The van der Waals surface area contributed by atoms with Crippen LogP contribution in [0.3, 0.4) is 0 Å². The van der Waals surface area contributed by atoms with Crippen LogP contribution >= 0.6 is 0 Å². The fourth-order valence-electron chi connectivity index (χ4n) is 1.51. The molecule has 0 amide bonds. The van der Waals surface area contributed by atoms with Crippen molar-refractivity contribution < 1.29 is 4.39 Å². The minimum atomic E-state index is -0.273. The Labute approximate surface area is 77.2 Å². The number of anilines is 2. The van der Waals surface area contributed by atoms with Crippen molar-refractivity contribution in [2.75, 3.05) is 17.7 Å². The van der Waals surface area contributed by atoms with Crippen molar-refractivity contribution in [1.29, 1.82) is 0 Å². The van der Waals surface area contributed by atoms with Gasteiger partial charge in [0.05, 0.1) is 11.4 Å². The highest BCUT2D eigenvalue weighted by molar-refractivity contribution is 5.67. The van der Waals surface area contributed by atoms with Crippen LogP contribution in [-0.2, 0) is 0 Å². The Hall–Kier alpha value is -1.25. The van der Waals surface area contributed by atoms with E-state index in [-0.39, 0.29) is 5.82 Å². The summed E-state index contributed by atoms with van der Waals surface area (Å²) in [4.78, 5) is 2.12. The molecule has 0 unspecified atom stereocenters. The van der Waals surface area contributed by atoms with E-state index in [0.717, 1.165) is 5.69 Å². The smallest absolute Gasteiger partial charge is 0.125 e. The van der Waals surface area contributed by atoms with Gasteiger partial charge in [-0.3, -0.25) is 0 Å². The quantitative estimate of drug-likeness (QED) is 0.705. The van der Waals surface area contributed by atoms with Crippen molar-refractivity contribution in [3.8, 4) is 0 Å². The zero-order valence-electron chi connectivity index (χ0n) is 7.63. The number of nitrogen functional groups attached to an aromatic ring is 1. The topological polar surface area (TPSA) is 29.3 Å². The van der Waals surface area contributed by atoms with Crippen LogP contribution in [0.15, 0.2) is 18.2 Å². The average Bonchev–Trinajstić information content (AvgIpc) is 2.85. The average molecular weight is 180 g/mol. The first-order valence-corrected chi connectivity index (χ1v) is 4.46. The summed E-state index contributed by atoms with van der Waals surface area (Å²) in [5, 5.41) is 0. The monoisotopic (exact) mass is 180 g/mol. The molecule has 0 spiro atoms. The molecule has 1 fully saturated rings. The number of hydrogen-bond donors (Lipinski definition) is 1. The standard InChI is InChI=1S/C10H13FN2/c1-13(8-3-4-8)10-5-2-7(11)6-9(10)12/h2,5-6,8H,3-4,12H2,1H3. The van der Waals surface area contributed by atoms with E-state index >= 15 is 0 Å². The Morgan fingerprint density at radius 2 is 2.15 bits per heavy atom. The third-order valence-electron chi connectivity index (χ3n) is 2.46. The van der Waals surface area contributed by atoms with Crippen molar-refractivity contribution >= 4 is 11.4 Å². The third-order valence-corrected chi connectivity index (χ3v) is 2.46. The van der Waals surface area contributed by atoms with E-state index in [9.17, 15) is 4.39 Å². The molecule has 2 N–H and O–H groups in total. The SMILES string of the molecule is CN(c1ccc(F)cc1N)C1CC1. The Morgan fingerprint density at radius 1 is 1.46 bits per heavy atom. The Morgan fingerprint density at radius 3 is 2.69 bits per heavy atom. The van der Waals surface area contributed by atoms with Crippen LogP contribution in [0.4, 0.5) is 15.8 Å². The molecule has 0 radical (unpaired) electrons. The predicted molar refractivity (Wildman–Crippen MR) is 52.2 cm³/mol. The van der Waals surface area contributed by atoms with Gasteiger partial charge >= 0.3 is 0 Å². The fraction of sp³-hybridized carbons (Fsp3) is 0.400. The lowest BCUT2D eigenvalue weighted by Gasteiger charge is -2.20. The second-order valence-corrected chi connectivity index (χ2v) is 3.55. The van der Waals surface area contributed by atoms with Crippen LogP contribution in [0.5, 0.6) is 0 Å². The summed E-state index contributed by atoms with van der Waals surface area (Å²) in [6, 6.07) is 5.16. The van der Waals surface area contributed by atoms with Gasteiger partial charge in [0, 0.05) is 13.1 Å². The first kappa shape index (κ1) is 8.35. The van der Waals surface area contributed by atoms with Crippen molar-refractivity contribution in [2.45, 2.75) is 18.9 Å². The van der Waals surface area contributed by atoms with E-state index in [4.69, 9.17) is 5.73 Å². The number of rotatable bonds is 2. The second kappa shape index (κ2) is 2.91. The minimum absolute atomic E-state index is 0.273. The highest BCUT2D eigenvalue weighted by atomic mass is 19.1. The van der Waals surface area contributed by atoms with Gasteiger partial charge in [0.25, 0.3) is 0 Å². The molecule has 0 aromatic heterocycles. The highest BCUT2D eigenvalue weighted by Gasteiger charge is 2.27. The summed E-state index contributed by atoms with van der Waals surface area (Å²) in [6.45, 7) is 0. The lowest BCUT2D eigenvalue weighted by Crippen LogP contribution is -2.20. The maximum atomic E-state index is 12.7. The molecule has 1 aromatic rings. The van der Waals surface area contributed by atoms with Gasteiger partial charge in [-0.1, -0.05) is 0 Å². The van der Waals surface area contributed by atoms with Crippen LogP contribution in [0.2, 0.25) is 0 Å². The first-order chi connectivity index (χ1) is 6.18. The third kappa shape index (κ3) is 1.59.